The first-order chi connectivity index (χ1) is 15.5. The zero-order chi connectivity index (χ0) is 22.2. The summed E-state index contributed by atoms with van der Waals surface area (Å²) in [6.45, 7) is 4.00. The van der Waals surface area contributed by atoms with Crippen LogP contribution in [0.5, 0.6) is 0 Å². The van der Waals surface area contributed by atoms with E-state index in [2.05, 4.69) is 18.2 Å². The number of hydroxylamine groups is 2. The summed E-state index contributed by atoms with van der Waals surface area (Å²) in [6.07, 6.45) is -1.18. The molecule has 0 bridgehead atoms. The van der Waals surface area contributed by atoms with Crippen molar-refractivity contribution in [1.82, 2.24) is 10.0 Å². The minimum atomic E-state index is -0.876. The first kappa shape index (κ1) is 20.4. The third-order valence-corrected chi connectivity index (χ3v) is 6.30. The van der Waals surface area contributed by atoms with Crippen molar-refractivity contribution in [2.75, 3.05) is 6.61 Å². The molecule has 1 aliphatic heterocycles. The van der Waals surface area contributed by atoms with Gasteiger partial charge in [-0.2, -0.15) is 0 Å². The third kappa shape index (κ3) is 3.57. The van der Waals surface area contributed by atoms with Crippen molar-refractivity contribution in [1.29, 1.82) is 0 Å². The highest BCUT2D eigenvalue weighted by Gasteiger charge is 2.38. The molecule has 1 fully saturated rings. The Balaban J connectivity index is 1.57. The van der Waals surface area contributed by atoms with E-state index in [1.165, 1.54) is 0 Å². The molecule has 5 rings (SSSR count). The van der Waals surface area contributed by atoms with Crippen LogP contribution in [0.1, 0.15) is 30.9 Å². The van der Waals surface area contributed by atoms with E-state index >= 15 is 0 Å². The second-order valence-electron chi connectivity index (χ2n) is 7.33. The summed E-state index contributed by atoms with van der Waals surface area (Å²) in [4.78, 5) is 34.9. The molecule has 162 valence electrons. The number of ether oxygens (including phenoxy) is 1. The van der Waals surface area contributed by atoms with Crippen LogP contribution in [0, 0.1) is 6.92 Å². The highest BCUT2D eigenvalue weighted by molar-refractivity contribution is 7.22. The Hall–Kier alpha value is -3.49. The van der Waals surface area contributed by atoms with Gasteiger partial charge >= 0.3 is 5.97 Å². The van der Waals surface area contributed by atoms with Crippen molar-refractivity contribution in [2.45, 2.75) is 26.5 Å². The van der Waals surface area contributed by atoms with Gasteiger partial charge in [-0.3, -0.25) is 4.79 Å². The lowest BCUT2D eigenvalue weighted by Gasteiger charge is -2.26. The molecule has 0 radical (unpaired) electrons. The predicted octanol–water partition coefficient (Wildman–Crippen LogP) is 5.26. The molecule has 1 unspecified atom stereocenters. The molecule has 0 aliphatic carbocycles. The number of amides is 1. The van der Waals surface area contributed by atoms with Crippen LogP contribution in [-0.4, -0.2) is 28.5 Å². The van der Waals surface area contributed by atoms with E-state index in [0.29, 0.717) is 29.5 Å². The van der Waals surface area contributed by atoms with Gasteiger partial charge in [0.2, 0.25) is 5.89 Å². The van der Waals surface area contributed by atoms with Crippen LogP contribution in [0.3, 0.4) is 0 Å². The van der Waals surface area contributed by atoms with Gasteiger partial charge in [0.1, 0.15) is 17.9 Å². The van der Waals surface area contributed by atoms with Crippen molar-refractivity contribution in [3.05, 3.63) is 65.9 Å². The summed E-state index contributed by atoms with van der Waals surface area (Å²) in [7, 11) is 0. The Bertz CT molecular complexity index is 1290. The number of aryl methyl sites for hydroxylation is 1. The summed E-state index contributed by atoms with van der Waals surface area (Å²) in [6, 6.07) is 17.6. The summed E-state index contributed by atoms with van der Waals surface area (Å²) in [5.41, 5.74) is 2.06. The molecule has 32 heavy (non-hydrogen) atoms. The minimum absolute atomic E-state index is 0.301. The number of thiophene rings is 1. The fourth-order valence-corrected chi connectivity index (χ4v) is 4.77. The number of aromatic nitrogens is 1. The third-order valence-electron chi connectivity index (χ3n) is 5.19. The van der Waals surface area contributed by atoms with Crippen molar-refractivity contribution in [3.8, 4) is 22.0 Å². The molecule has 2 aromatic carbocycles. The van der Waals surface area contributed by atoms with E-state index in [4.69, 9.17) is 19.0 Å². The fourth-order valence-electron chi connectivity index (χ4n) is 3.78. The average molecular weight is 449 g/mol. The van der Waals surface area contributed by atoms with Crippen LogP contribution >= 0.6 is 11.3 Å². The van der Waals surface area contributed by atoms with E-state index in [-0.39, 0.29) is 6.42 Å². The Morgan fingerprint density at radius 2 is 1.94 bits per heavy atom. The van der Waals surface area contributed by atoms with Gasteiger partial charge in [-0.15, -0.1) is 16.4 Å². The summed E-state index contributed by atoms with van der Waals surface area (Å²) in [5.74, 6) is 0.142. The molecule has 1 atom stereocenters. The molecule has 0 saturated carbocycles. The van der Waals surface area contributed by atoms with E-state index in [1.54, 1.807) is 11.3 Å². The summed E-state index contributed by atoms with van der Waals surface area (Å²) >= 11 is 1.62. The highest BCUT2D eigenvalue weighted by atomic mass is 32.1. The molecule has 1 amide bonds. The second kappa shape index (κ2) is 8.22. The largest absolute Gasteiger partial charge is 0.440 e. The zero-order valence-corrected chi connectivity index (χ0v) is 18.3. The van der Waals surface area contributed by atoms with Gasteiger partial charge in [0.25, 0.3) is 5.91 Å². The highest BCUT2D eigenvalue weighted by Crippen LogP contribution is 2.39. The van der Waals surface area contributed by atoms with Gasteiger partial charge in [-0.25, -0.2) is 9.78 Å². The topological polar surface area (TPSA) is 81.9 Å². The maximum Gasteiger partial charge on any atom is 0.342 e. The smallest absolute Gasteiger partial charge is 0.342 e. The Kier molecular flexibility index (Phi) is 5.24. The maximum absolute atomic E-state index is 12.3. The monoisotopic (exact) mass is 448 g/mol. The second-order valence-corrected chi connectivity index (χ2v) is 8.41. The normalized spacial score (nSPS) is 14.9. The van der Waals surface area contributed by atoms with Gasteiger partial charge in [-0.05, 0) is 31.4 Å². The predicted molar refractivity (Wildman–Crippen MR) is 119 cm³/mol. The number of rotatable bonds is 6. The van der Waals surface area contributed by atoms with E-state index < -0.39 is 18.1 Å². The molecule has 3 heterocycles. The van der Waals surface area contributed by atoms with Crippen LogP contribution in [-0.2, 0) is 19.2 Å². The Labute approximate surface area is 188 Å². The van der Waals surface area contributed by atoms with Gasteiger partial charge < -0.3 is 14.0 Å². The molecule has 0 spiro atoms. The Morgan fingerprint density at radius 1 is 1.16 bits per heavy atom. The minimum Gasteiger partial charge on any atom is -0.440 e. The average Bonchev–Trinajstić information content (AvgIpc) is 3.48. The van der Waals surface area contributed by atoms with Gasteiger partial charge in [-0.1, -0.05) is 42.5 Å². The Morgan fingerprint density at radius 3 is 2.69 bits per heavy atom. The number of fused-ring (bicyclic) bond motifs is 1. The SMILES string of the molecule is CCOC(c1ccccc1-c1nc(-c2cc3ccccc3s2)oc1C)N1OC(=O)CC1=O. The lowest BCUT2D eigenvalue weighted by molar-refractivity contribution is -0.223. The maximum atomic E-state index is 12.3. The van der Waals surface area contributed by atoms with E-state index in [1.807, 2.05) is 50.2 Å². The molecular weight excluding hydrogens is 428 g/mol. The summed E-state index contributed by atoms with van der Waals surface area (Å²) in [5, 5.41) is 2.14. The molecule has 0 N–H and O–H groups in total. The van der Waals surface area contributed by atoms with Gasteiger partial charge in [0, 0.05) is 22.4 Å². The molecule has 4 aromatic rings. The van der Waals surface area contributed by atoms with Crippen LogP contribution in [0.25, 0.3) is 32.1 Å². The number of benzene rings is 2. The molecule has 1 saturated heterocycles. The lowest BCUT2D eigenvalue weighted by Crippen LogP contribution is -2.31. The quantitative estimate of drug-likeness (QED) is 0.374. The van der Waals surface area contributed by atoms with Crippen molar-refractivity contribution in [3.63, 3.8) is 0 Å². The molecule has 8 heteroatoms. The first-order valence-electron chi connectivity index (χ1n) is 10.2. The summed E-state index contributed by atoms with van der Waals surface area (Å²) < 4.78 is 13.0. The molecule has 2 aromatic heterocycles. The number of carbonyl (C=O) groups excluding carboxylic acids is 2. The molecular formula is C24H20N2O5S. The van der Waals surface area contributed by atoms with Gasteiger partial charge in [0.15, 0.2) is 6.23 Å². The molecule has 1 aliphatic rings. The van der Waals surface area contributed by atoms with E-state index in [9.17, 15) is 9.59 Å². The zero-order valence-electron chi connectivity index (χ0n) is 17.5. The number of oxazole rings is 1. The standard InChI is InChI=1S/C24H20N2O5S/c1-3-29-24(26-20(27)13-21(28)31-26)17-10-6-5-9-16(17)22-14(2)30-23(25-22)19-12-15-8-4-7-11-18(15)32-19/h4-12,24H,3,13H2,1-2H3. The number of hydrogen-bond donors (Lipinski definition) is 0. The fraction of sp³-hybridized carbons (Fsp3) is 0.208. The van der Waals surface area contributed by atoms with Crippen molar-refractivity contribution in [2.24, 2.45) is 0 Å². The van der Waals surface area contributed by atoms with Gasteiger partial charge in [0.05, 0.1) is 4.88 Å². The first-order valence-corrected chi connectivity index (χ1v) is 11.1. The number of carbonyl (C=O) groups is 2. The molecule has 7 nitrogen and oxygen atoms in total. The number of nitrogens with zero attached hydrogens (tertiary/aromatic N) is 2. The van der Waals surface area contributed by atoms with Crippen molar-refractivity contribution < 1.29 is 23.6 Å². The van der Waals surface area contributed by atoms with Crippen LogP contribution in [0.4, 0.5) is 0 Å². The van der Waals surface area contributed by atoms with Crippen LogP contribution in [0.15, 0.2) is 59.0 Å². The number of hydrogen-bond acceptors (Lipinski definition) is 7. The van der Waals surface area contributed by atoms with Crippen molar-refractivity contribution >= 4 is 33.3 Å². The van der Waals surface area contributed by atoms with Crippen LogP contribution < -0.4 is 0 Å². The van der Waals surface area contributed by atoms with E-state index in [0.717, 1.165) is 25.6 Å². The lowest BCUT2D eigenvalue weighted by atomic mass is 10.0. The van der Waals surface area contributed by atoms with Crippen LogP contribution in [0.2, 0.25) is 0 Å².